The first-order valence-corrected chi connectivity index (χ1v) is 13.8. The number of rotatable bonds is 5. The number of benzene rings is 3. The maximum atomic E-state index is 13.4. The Morgan fingerprint density at radius 2 is 1.79 bits per heavy atom. The molecule has 3 aromatic rings. The van der Waals surface area contributed by atoms with Gasteiger partial charge in [0.25, 0.3) is 15.9 Å². The summed E-state index contributed by atoms with van der Waals surface area (Å²) in [6.07, 6.45) is 0. The van der Waals surface area contributed by atoms with E-state index < -0.39 is 10.0 Å². The van der Waals surface area contributed by atoms with Gasteiger partial charge < -0.3 is 9.64 Å². The summed E-state index contributed by atoms with van der Waals surface area (Å²) in [5, 5.41) is 0.0132. The van der Waals surface area contributed by atoms with E-state index >= 15 is 0 Å². The van der Waals surface area contributed by atoms with Gasteiger partial charge in [0.2, 0.25) is 0 Å². The molecule has 0 saturated heterocycles. The van der Waals surface area contributed by atoms with Crippen LogP contribution in [-0.4, -0.2) is 32.9 Å². The molecule has 6 nitrogen and oxygen atoms in total. The molecule has 1 aliphatic rings. The molecule has 1 aliphatic heterocycles. The number of methoxy groups -OCH3 is 1. The number of nitrogens with zero attached hydrogens (tertiary/aromatic N) is 1. The third-order valence-corrected chi connectivity index (χ3v) is 8.49. The average molecular weight is 629 g/mol. The summed E-state index contributed by atoms with van der Waals surface area (Å²) in [5.41, 5.74) is 2.76. The topological polar surface area (TPSA) is 75.7 Å². The zero-order chi connectivity index (χ0) is 24.6. The van der Waals surface area contributed by atoms with Gasteiger partial charge in [0.15, 0.2) is 0 Å². The van der Waals surface area contributed by atoms with Crippen LogP contribution in [0.3, 0.4) is 0 Å². The molecule has 178 valence electrons. The summed E-state index contributed by atoms with van der Waals surface area (Å²) in [5.74, 6) is 0.245. The van der Waals surface area contributed by atoms with Crippen LogP contribution >= 0.6 is 43.5 Å². The summed E-state index contributed by atoms with van der Waals surface area (Å²) in [6.45, 7) is 3.04. The summed E-state index contributed by atoms with van der Waals surface area (Å²) in [6, 6.07) is 15.3. The van der Waals surface area contributed by atoms with Crippen molar-refractivity contribution < 1.29 is 17.9 Å². The van der Waals surface area contributed by atoms with Gasteiger partial charge in [-0.3, -0.25) is 9.52 Å². The van der Waals surface area contributed by atoms with Crippen molar-refractivity contribution in [3.63, 3.8) is 0 Å². The molecule has 0 spiro atoms. The minimum absolute atomic E-state index is 0.0132. The number of halogens is 3. The predicted molar refractivity (Wildman–Crippen MR) is 140 cm³/mol. The Morgan fingerprint density at radius 1 is 1.09 bits per heavy atom. The van der Waals surface area contributed by atoms with Crippen LogP contribution in [0.2, 0.25) is 5.02 Å². The number of fused-ring (bicyclic) bond motifs is 1. The molecule has 1 amide bonds. The summed E-state index contributed by atoms with van der Waals surface area (Å²) in [7, 11) is -2.66. The number of anilines is 1. The maximum absolute atomic E-state index is 13.4. The number of sulfonamides is 1. The number of hydrogen-bond acceptors (Lipinski definition) is 4. The van der Waals surface area contributed by atoms with E-state index in [0.717, 1.165) is 10.0 Å². The number of carbonyl (C=O) groups excluding carboxylic acids is 1. The second kappa shape index (κ2) is 9.89. The van der Waals surface area contributed by atoms with Crippen LogP contribution in [0.5, 0.6) is 5.75 Å². The molecule has 1 unspecified atom stereocenters. The normalized spacial score (nSPS) is 15.6. The van der Waals surface area contributed by atoms with Gasteiger partial charge >= 0.3 is 0 Å². The maximum Gasteiger partial charge on any atom is 0.263 e. The Hall–Kier alpha value is -2.07. The molecule has 0 aliphatic carbocycles. The van der Waals surface area contributed by atoms with Crippen LogP contribution in [0.15, 0.2) is 68.4 Å². The van der Waals surface area contributed by atoms with Crippen LogP contribution in [0.25, 0.3) is 0 Å². The molecule has 0 radical (unpaired) electrons. The Bertz CT molecular complexity index is 1380. The fraction of sp³-hybridized carbons (Fsp3) is 0.208. The average Bonchev–Trinajstić information content (AvgIpc) is 2.78. The van der Waals surface area contributed by atoms with E-state index in [1.807, 2.05) is 12.1 Å². The molecule has 0 fully saturated rings. The van der Waals surface area contributed by atoms with Crippen molar-refractivity contribution in [3.8, 4) is 5.75 Å². The van der Waals surface area contributed by atoms with Gasteiger partial charge in [-0.05, 0) is 65.6 Å². The highest BCUT2D eigenvalue weighted by atomic mass is 79.9. The quantitative estimate of drug-likeness (QED) is 0.353. The summed E-state index contributed by atoms with van der Waals surface area (Å²) in [4.78, 5) is 14.9. The van der Waals surface area contributed by atoms with E-state index in [2.05, 4.69) is 49.6 Å². The van der Waals surface area contributed by atoms with Crippen molar-refractivity contribution in [1.82, 2.24) is 4.90 Å². The molecule has 0 bridgehead atoms. The minimum Gasteiger partial charge on any atom is -0.495 e. The lowest BCUT2D eigenvalue weighted by molar-refractivity contribution is 0.0720. The van der Waals surface area contributed by atoms with Gasteiger partial charge in [-0.15, -0.1) is 0 Å². The molecule has 34 heavy (non-hydrogen) atoms. The molecule has 1 N–H and O–H groups in total. The summed E-state index contributed by atoms with van der Waals surface area (Å²) >= 11 is 13.1. The Labute approximate surface area is 220 Å². The highest BCUT2D eigenvalue weighted by Crippen LogP contribution is 2.34. The van der Waals surface area contributed by atoms with E-state index in [-0.39, 0.29) is 33.0 Å². The van der Waals surface area contributed by atoms with Crippen molar-refractivity contribution in [2.45, 2.75) is 24.3 Å². The van der Waals surface area contributed by atoms with Gasteiger partial charge in [0.05, 0.1) is 17.8 Å². The number of carbonyl (C=O) groups is 1. The molecule has 0 aromatic heterocycles. The standard InChI is InChI=1S/C24H21Br2ClN2O4S/c1-14-12-29(13-16-9-17(25)4-6-19(14)16)24(30)15-3-7-20(27)23(10-15)34(31,32)28-21-11-18(26)5-8-22(21)33-2/h3-11,14,28H,12-13H2,1-2H3. The van der Waals surface area contributed by atoms with Gasteiger partial charge in [-0.2, -0.15) is 0 Å². The Morgan fingerprint density at radius 3 is 2.53 bits per heavy atom. The van der Waals surface area contributed by atoms with Crippen LogP contribution in [-0.2, 0) is 16.6 Å². The highest BCUT2D eigenvalue weighted by Gasteiger charge is 2.28. The van der Waals surface area contributed by atoms with Gasteiger partial charge in [-0.1, -0.05) is 56.5 Å². The fourth-order valence-electron chi connectivity index (χ4n) is 4.03. The van der Waals surface area contributed by atoms with Crippen molar-refractivity contribution >= 4 is 65.1 Å². The van der Waals surface area contributed by atoms with Crippen LogP contribution in [0, 0.1) is 0 Å². The Kier molecular flexibility index (Phi) is 7.28. The largest absolute Gasteiger partial charge is 0.495 e. The predicted octanol–water partition coefficient (Wildman–Crippen LogP) is 6.43. The van der Waals surface area contributed by atoms with Crippen LogP contribution in [0.1, 0.15) is 34.3 Å². The molecular formula is C24H21Br2ClN2O4S. The van der Waals surface area contributed by atoms with Gasteiger partial charge in [0.1, 0.15) is 10.6 Å². The van der Waals surface area contributed by atoms with E-state index in [1.54, 1.807) is 29.2 Å². The SMILES string of the molecule is COc1ccc(Br)cc1NS(=O)(=O)c1cc(C(=O)N2Cc3cc(Br)ccc3C(C)C2)ccc1Cl. The molecule has 4 rings (SSSR count). The molecule has 1 heterocycles. The second-order valence-corrected chi connectivity index (χ2v) is 11.9. The van der Waals surface area contributed by atoms with Gasteiger partial charge in [0, 0.05) is 27.6 Å². The third-order valence-electron chi connectivity index (χ3n) is 5.65. The van der Waals surface area contributed by atoms with E-state index in [0.29, 0.717) is 23.3 Å². The fourth-order valence-corrected chi connectivity index (χ4v) is 6.39. The lowest BCUT2D eigenvalue weighted by atomic mass is 9.91. The smallest absolute Gasteiger partial charge is 0.263 e. The number of amides is 1. The number of nitrogens with one attached hydrogen (secondary N) is 1. The Balaban J connectivity index is 1.65. The molecule has 1 atom stereocenters. The monoisotopic (exact) mass is 626 g/mol. The molecular weight excluding hydrogens is 608 g/mol. The summed E-state index contributed by atoms with van der Waals surface area (Å²) < 4.78 is 35.8. The first-order valence-electron chi connectivity index (χ1n) is 10.3. The lowest BCUT2D eigenvalue weighted by Crippen LogP contribution is -2.37. The lowest BCUT2D eigenvalue weighted by Gasteiger charge is -2.33. The van der Waals surface area contributed by atoms with Crippen LogP contribution in [0.4, 0.5) is 5.69 Å². The molecule has 10 heteroatoms. The van der Waals surface area contributed by atoms with E-state index in [9.17, 15) is 13.2 Å². The van der Waals surface area contributed by atoms with Gasteiger partial charge in [-0.25, -0.2) is 8.42 Å². The first-order chi connectivity index (χ1) is 16.1. The third kappa shape index (κ3) is 5.12. The second-order valence-electron chi connectivity index (χ2n) is 8.03. The van der Waals surface area contributed by atoms with Crippen molar-refractivity contribution in [2.24, 2.45) is 0 Å². The zero-order valence-electron chi connectivity index (χ0n) is 18.3. The number of ether oxygens (including phenoxy) is 1. The van der Waals surface area contributed by atoms with E-state index in [4.69, 9.17) is 16.3 Å². The van der Waals surface area contributed by atoms with Crippen molar-refractivity contribution in [2.75, 3.05) is 18.4 Å². The first kappa shape index (κ1) is 25.0. The highest BCUT2D eigenvalue weighted by molar-refractivity contribution is 9.10. The zero-order valence-corrected chi connectivity index (χ0v) is 23.1. The number of hydrogen-bond donors (Lipinski definition) is 1. The molecule has 3 aromatic carbocycles. The van der Waals surface area contributed by atoms with E-state index in [1.165, 1.54) is 24.8 Å². The minimum atomic E-state index is -4.10. The van der Waals surface area contributed by atoms with Crippen molar-refractivity contribution in [3.05, 3.63) is 85.3 Å². The van der Waals surface area contributed by atoms with Crippen LogP contribution < -0.4 is 9.46 Å². The molecule has 0 saturated carbocycles. The van der Waals surface area contributed by atoms with Crippen molar-refractivity contribution in [1.29, 1.82) is 0 Å².